The van der Waals surface area contributed by atoms with Gasteiger partial charge in [0.15, 0.2) is 0 Å². The number of hydrogen-bond donors (Lipinski definition) is 2. The zero-order valence-electron chi connectivity index (χ0n) is 17.5. The second-order valence-electron chi connectivity index (χ2n) is 8.19. The number of carboxylic acids is 1. The average molecular weight is 408 g/mol. The molecule has 2 fully saturated rings. The van der Waals surface area contributed by atoms with Crippen LogP contribution in [0.15, 0.2) is 0 Å². The van der Waals surface area contributed by atoms with Gasteiger partial charge in [0.1, 0.15) is 0 Å². The van der Waals surface area contributed by atoms with Gasteiger partial charge in [0.2, 0.25) is 5.91 Å². The van der Waals surface area contributed by atoms with Gasteiger partial charge in [-0.25, -0.2) is 4.79 Å². The van der Waals surface area contributed by atoms with Crippen LogP contribution in [0.5, 0.6) is 0 Å². The molecule has 7 heteroatoms. The standard InChI is InChI=1S/C22H33NO6/c1-3-5-8-17(19(24)25)15-22(13-6-7-14-22)21(27)23-18-11-9-16(10-12-18)20(26)29-28-4-2/h16-18H,4,6-15H2,1-2H3,(H,23,27)(H,24,25). The number of carbonyl (C=O) groups is 3. The summed E-state index contributed by atoms with van der Waals surface area (Å²) in [6.07, 6.45) is 6.63. The van der Waals surface area contributed by atoms with Gasteiger partial charge in [-0.1, -0.05) is 12.8 Å². The number of carboxylic acid groups (broad SMARTS) is 1. The second-order valence-corrected chi connectivity index (χ2v) is 8.19. The van der Waals surface area contributed by atoms with Gasteiger partial charge in [-0.15, -0.1) is 11.8 Å². The van der Waals surface area contributed by atoms with Crippen molar-refractivity contribution in [2.24, 2.45) is 17.3 Å². The Balaban J connectivity index is 1.93. The first-order chi connectivity index (χ1) is 13.9. The molecule has 2 rings (SSSR count). The summed E-state index contributed by atoms with van der Waals surface area (Å²) < 4.78 is 0. The first kappa shape index (κ1) is 23.2. The minimum Gasteiger partial charge on any atom is -0.481 e. The van der Waals surface area contributed by atoms with Crippen LogP contribution in [0, 0.1) is 29.1 Å². The SMILES string of the molecule is CC#CCC(CC1(C(=O)NC2CCC(C(=O)OOCC)CC2)CCCC1)C(=O)O. The number of amides is 1. The molecule has 162 valence electrons. The monoisotopic (exact) mass is 407 g/mol. The molecule has 1 unspecified atom stereocenters. The zero-order chi connectivity index (χ0) is 21.3. The maximum Gasteiger partial charge on any atom is 0.345 e. The summed E-state index contributed by atoms with van der Waals surface area (Å²) in [5, 5.41) is 12.7. The lowest BCUT2D eigenvalue weighted by molar-refractivity contribution is -0.274. The lowest BCUT2D eigenvalue weighted by Crippen LogP contribution is -2.47. The Morgan fingerprint density at radius 3 is 2.38 bits per heavy atom. The molecule has 2 aliphatic carbocycles. The molecule has 2 aliphatic rings. The quantitative estimate of drug-likeness (QED) is 0.346. The average Bonchev–Trinajstić information content (AvgIpc) is 3.19. The van der Waals surface area contributed by atoms with E-state index in [2.05, 4.69) is 17.2 Å². The lowest BCUT2D eigenvalue weighted by atomic mass is 9.75. The molecule has 7 nitrogen and oxygen atoms in total. The van der Waals surface area contributed by atoms with Crippen molar-refractivity contribution >= 4 is 17.8 Å². The Hall–Kier alpha value is -2.07. The molecular formula is C22H33NO6. The number of hydrogen-bond acceptors (Lipinski definition) is 5. The highest BCUT2D eigenvalue weighted by atomic mass is 17.2. The van der Waals surface area contributed by atoms with Gasteiger partial charge in [-0.2, -0.15) is 4.89 Å². The maximum absolute atomic E-state index is 13.2. The number of aliphatic carboxylic acids is 1. The Kier molecular flexibility index (Phi) is 8.97. The Bertz CT molecular complexity index is 635. The largest absolute Gasteiger partial charge is 0.481 e. The van der Waals surface area contributed by atoms with E-state index in [-0.39, 0.29) is 30.3 Å². The van der Waals surface area contributed by atoms with Crippen molar-refractivity contribution in [1.29, 1.82) is 0 Å². The molecule has 2 saturated carbocycles. The topological polar surface area (TPSA) is 102 Å². The van der Waals surface area contributed by atoms with Crippen LogP contribution in [0.2, 0.25) is 0 Å². The van der Waals surface area contributed by atoms with Crippen LogP contribution in [-0.4, -0.2) is 35.6 Å². The van der Waals surface area contributed by atoms with E-state index in [0.717, 1.165) is 25.7 Å². The van der Waals surface area contributed by atoms with Gasteiger partial charge in [0.25, 0.3) is 0 Å². The summed E-state index contributed by atoms with van der Waals surface area (Å²) in [6, 6.07) is 0.00910. The minimum atomic E-state index is -0.889. The van der Waals surface area contributed by atoms with Gasteiger partial charge in [0.05, 0.1) is 23.9 Å². The van der Waals surface area contributed by atoms with Gasteiger partial charge in [0, 0.05) is 12.5 Å². The number of carbonyl (C=O) groups excluding carboxylic acids is 2. The van der Waals surface area contributed by atoms with E-state index in [1.54, 1.807) is 13.8 Å². The molecule has 0 radical (unpaired) electrons. The molecule has 0 spiro atoms. The van der Waals surface area contributed by atoms with Crippen LogP contribution >= 0.6 is 0 Å². The van der Waals surface area contributed by atoms with Crippen LogP contribution in [0.1, 0.15) is 78.1 Å². The Labute approximate surface area is 172 Å². The molecule has 1 amide bonds. The van der Waals surface area contributed by atoms with Crippen LogP contribution in [-0.2, 0) is 24.2 Å². The normalized spacial score (nSPS) is 24.1. The molecule has 0 saturated heterocycles. The summed E-state index contributed by atoms with van der Waals surface area (Å²) in [5.74, 6) is 3.51. The molecule has 2 N–H and O–H groups in total. The number of nitrogens with one attached hydrogen (secondary N) is 1. The van der Waals surface area contributed by atoms with Crippen molar-refractivity contribution in [3.8, 4) is 11.8 Å². The van der Waals surface area contributed by atoms with Gasteiger partial charge >= 0.3 is 11.9 Å². The molecule has 29 heavy (non-hydrogen) atoms. The van der Waals surface area contributed by atoms with Crippen molar-refractivity contribution < 1.29 is 29.3 Å². The summed E-state index contributed by atoms with van der Waals surface area (Å²) >= 11 is 0. The van der Waals surface area contributed by atoms with E-state index in [4.69, 9.17) is 9.78 Å². The van der Waals surface area contributed by atoms with Gasteiger partial charge in [-0.3, -0.25) is 14.5 Å². The van der Waals surface area contributed by atoms with E-state index < -0.39 is 17.3 Å². The summed E-state index contributed by atoms with van der Waals surface area (Å²) in [6.45, 7) is 3.76. The fraction of sp³-hybridized carbons (Fsp3) is 0.773. The highest BCUT2D eigenvalue weighted by Crippen LogP contribution is 2.44. The third-order valence-electron chi connectivity index (χ3n) is 6.21. The van der Waals surface area contributed by atoms with Crippen molar-refractivity contribution in [2.75, 3.05) is 6.61 Å². The van der Waals surface area contributed by atoms with E-state index in [1.807, 2.05) is 0 Å². The predicted octanol–water partition coefficient (Wildman–Crippen LogP) is 3.22. The predicted molar refractivity (Wildman–Crippen MR) is 106 cm³/mol. The van der Waals surface area contributed by atoms with Gasteiger partial charge < -0.3 is 10.4 Å². The second kappa shape index (κ2) is 11.2. The fourth-order valence-corrected chi connectivity index (χ4v) is 4.52. The van der Waals surface area contributed by atoms with Gasteiger partial charge in [-0.05, 0) is 58.8 Å². The molecular weight excluding hydrogens is 374 g/mol. The highest BCUT2D eigenvalue weighted by Gasteiger charge is 2.44. The van der Waals surface area contributed by atoms with Crippen LogP contribution in [0.4, 0.5) is 0 Å². The third kappa shape index (κ3) is 6.46. The van der Waals surface area contributed by atoms with E-state index in [0.29, 0.717) is 38.7 Å². The van der Waals surface area contributed by atoms with E-state index in [9.17, 15) is 19.5 Å². The smallest absolute Gasteiger partial charge is 0.345 e. The molecule has 0 heterocycles. The van der Waals surface area contributed by atoms with Crippen molar-refractivity contribution in [1.82, 2.24) is 5.32 Å². The highest BCUT2D eigenvalue weighted by molar-refractivity contribution is 5.84. The third-order valence-corrected chi connectivity index (χ3v) is 6.21. The first-order valence-electron chi connectivity index (χ1n) is 10.7. The first-order valence-corrected chi connectivity index (χ1v) is 10.7. The van der Waals surface area contributed by atoms with Crippen molar-refractivity contribution in [3.63, 3.8) is 0 Å². The lowest BCUT2D eigenvalue weighted by Gasteiger charge is -2.34. The van der Waals surface area contributed by atoms with E-state index in [1.165, 1.54) is 0 Å². The fourth-order valence-electron chi connectivity index (χ4n) is 4.52. The van der Waals surface area contributed by atoms with Crippen LogP contribution < -0.4 is 5.32 Å². The molecule has 0 aromatic heterocycles. The van der Waals surface area contributed by atoms with Crippen molar-refractivity contribution in [3.05, 3.63) is 0 Å². The van der Waals surface area contributed by atoms with E-state index >= 15 is 0 Å². The zero-order valence-corrected chi connectivity index (χ0v) is 17.5. The number of rotatable bonds is 9. The maximum atomic E-state index is 13.2. The summed E-state index contributed by atoms with van der Waals surface area (Å²) in [7, 11) is 0. The van der Waals surface area contributed by atoms with Crippen molar-refractivity contribution in [2.45, 2.75) is 84.1 Å². The van der Waals surface area contributed by atoms with Crippen LogP contribution in [0.3, 0.4) is 0 Å². The molecule has 0 bridgehead atoms. The summed E-state index contributed by atoms with van der Waals surface area (Å²) in [4.78, 5) is 46.2. The summed E-state index contributed by atoms with van der Waals surface area (Å²) in [5.41, 5.74) is -0.622. The molecule has 0 aromatic rings. The van der Waals surface area contributed by atoms with Crippen LogP contribution in [0.25, 0.3) is 0 Å². The molecule has 0 aliphatic heterocycles. The molecule has 0 aromatic carbocycles. The molecule has 1 atom stereocenters. The Morgan fingerprint density at radius 1 is 1.17 bits per heavy atom. The minimum absolute atomic E-state index is 0.00910. The Morgan fingerprint density at radius 2 is 1.83 bits per heavy atom.